The molecular weight excluding hydrogens is 311 g/mol. The molecule has 0 aromatic heterocycles. The lowest BCUT2D eigenvalue weighted by atomic mass is 10.2. The average molecular weight is 320 g/mol. The average Bonchev–Trinajstić information content (AvgIpc) is 2.18. The first-order chi connectivity index (χ1) is 7.15. The maximum atomic E-state index is 11.4. The van der Waals surface area contributed by atoms with Crippen LogP contribution in [0.4, 0.5) is 4.79 Å². The molecule has 1 rings (SSSR count). The van der Waals surface area contributed by atoms with Gasteiger partial charge in [0.1, 0.15) is 11.3 Å². The summed E-state index contributed by atoms with van der Waals surface area (Å²) in [4.78, 5) is 22.2. The van der Waals surface area contributed by atoms with Gasteiger partial charge in [-0.3, -0.25) is 0 Å². The minimum Gasteiger partial charge on any atom is -0.462 e. The van der Waals surface area contributed by atoms with Crippen LogP contribution in [0.2, 0.25) is 0 Å². The summed E-state index contributed by atoms with van der Waals surface area (Å²) in [7, 11) is 0. The van der Waals surface area contributed by atoms with Gasteiger partial charge < -0.3 is 9.47 Å². The number of carbonyl (C=O) groups excluding carboxylic acids is 2. The van der Waals surface area contributed by atoms with E-state index in [1.165, 1.54) is 22.6 Å². The number of benzene rings is 1. The van der Waals surface area contributed by atoms with E-state index in [9.17, 15) is 9.59 Å². The molecule has 0 amide bonds. The molecule has 0 N–H and O–H groups in total. The van der Waals surface area contributed by atoms with Crippen molar-refractivity contribution in [1.29, 1.82) is 0 Å². The maximum Gasteiger partial charge on any atom is 0.372 e. The number of esters is 1. The molecule has 0 radical (unpaired) electrons. The summed E-state index contributed by atoms with van der Waals surface area (Å²) in [5.74, 6) is -0.277. The van der Waals surface area contributed by atoms with E-state index in [-0.39, 0.29) is 17.9 Å². The Hall–Kier alpha value is -1.11. The largest absolute Gasteiger partial charge is 0.462 e. The van der Waals surface area contributed by atoms with Crippen molar-refractivity contribution in [2.75, 3.05) is 6.61 Å². The van der Waals surface area contributed by atoms with Gasteiger partial charge in [0.15, 0.2) is 0 Å². The fourth-order valence-electron chi connectivity index (χ4n) is 1.02. The van der Waals surface area contributed by atoms with Crippen LogP contribution in [0.15, 0.2) is 24.3 Å². The normalized spacial score (nSPS) is 9.47. The van der Waals surface area contributed by atoms with E-state index in [1.807, 2.05) is 0 Å². The van der Waals surface area contributed by atoms with E-state index < -0.39 is 9.95 Å². The quantitative estimate of drug-likeness (QED) is 0.488. The number of para-hydroxylation sites is 1. The second kappa shape index (κ2) is 5.69. The lowest BCUT2D eigenvalue weighted by molar-refractivity contribution is 0.0524. The molecule has 0 heterocycles. The zero-order valence-corrected chi connectivity index (χ0v) is 10.2. The monoisotopic (exact) mass is 320 g/mol. The lowest BCUT2D eigenvalue weighted by Gasteiger charge is -2.06. The number of carbonyl (C=O) groups is 2. The fraction of sp³-hybridized carbons (Fsp3) is 0.200. The van der Waals surface area contributed by atoms with Crippen LogP contribution in [0.5, 0.6) is 5.75 Å². The Morgan fingerprint density at radius 2 is 2.00 bits per heavy atom. The van der Waals surface area contributed by atoms with E-state index in [0.717, 1.165) is 0 Å². The highest BCUT2D eigenvalue weighted by Gasteiger charge is 2.14. The summed E-state index contributed by atoms with van der Waals surface area (Å²) in [5, 5.41) is 0. The van der Waals surface area contributed by atoms with Gasteiger partial charge in [0.25, 0.3) is 0 Å². The highest BCUT2D eigenvalue weighted by molar-refractivity contribution is 14.1. The van der Waals surface area contributed by atoms with Gasteiger partial charge in [-0.05, 0) is 19.1 Å². The summed E-state index contributed by atoms with van der Waals surface area (Å²) in [6.45, 7) is 2.00. The zero-order chi connectivity index (χ0) is 11.3. The van der Waals surface area contributed by atoms with Crippen LogP contribution < -0.4 is 4.74 Å². The molecule has 0 aliphatic heterocycles. The van der Waals surface area contributed by atoms with Crippen LogP contribution in [0.1, 0.15) is 17.3 Å². The van der Waals surface area contributed by atoms with Crippen molar-refractivity contribution in [2.24, 2.45) is 0 Å². The van der Waals surface area contributed by atoms with Crippen molar-refractivity contribution in [1.82, 2.24) is 0 Å². The Kier molecular flexibility index (Phi) is 4.54. The van der Waals surface area contributed by atoms with Crippen LogP contribution in [-0.2, 0) is 4.74 Å². The van der Waals surface area contributed by atoms with Crippen molar-refractivity contribution >= 4 is 32.5 Å². The molecule has 0 aliphatic carbocycles. The first-order valence-corrected chi connectivity index (χ1v) is 5.36. The van der Waals surface area contributed by atoms with Gasteiger partial charge in [-0.15, -0.1) is 0 Å². The molecule has 0 saturated carbocycles. The Labute approximate surface area is 101 Å². The molecule has 0 unspecified atom stereocenters. The zero-order valence-electron chi connectivity index (χ0n) is 8.03. The molecule has 0 bridgehead atoms. The summed E-state index contributed by atoms with van der Waals surface area (Å²) >= 11 is 1.49. The van der Waals surface area contributed by atoms with Crippen LogP contribution in [-0.4, -0.2) is 16.6 Å². The molecule has 0 atom stereocenters. The smallest absolute Gasteiger partial charge is 0.372 e. The highest BCUT2D eigenvalue weighted by Crippen LogP contribution is 2.20. The number of ether oxygens (including phenoxy) is 2. The molecule has 0 spiro atoms. The van der Waals surface area contributed by atoms with Crippen LogP contribution >= 0.6 is 22.6 Å². The molecule has 0 aliphatic rings. The van der Waals surface area contributed by atoms with Crippen molar-refractivity contribution in [3.8, 4) is 5.75 Å². The Morgan fingerprint density at radius 3 is 2.60 bits per heavy atom. The van der Waals surface area contributed by atoms with Crippen molar-refractivity contribution < 1.29 is 19.1 Å². The van der Waals surface area contributed by atoms with E-state index in [0.29, 0.717) is 0 Å². The molecule has 15 heavy (non-hydrogen) atoms. The summed E-state index contributed by atoms with van der Waals surface area (Å²) in [6.07, 6.45) is 0. The highest BCUT2D eigenvalue weighted by atomic mass is 127. The Morgan fingerprint density at radius 1 is 1.33 bits per heavy atom. The third-order valence-electron chi connectivity index (χ3n) is 1.57. The topological polar surface area (TPSA) is 52.6 Å². The first-order valence-electron chi connectivity index (χ1n) is 4.28. The van der Waals surface area contributed by atoms with Crippen LogP contribution in [0, 0.1) is 0 Å². The van der Waals surface area contributed by atoms with E-state index in [2.05, 4.69) is 0 Å². The van der Waals surface area contributed by atoms with Gasteiger partial charge in [0.05, 0.1) is 29.2 Å². The molecule has 1 aromatic carbocycles. The minimum atomic E-state index is -0.496. The fourth-order valence-corrected chi connectivity index (χ4v) is 1.26. The molecular formula is C10H9IO4. The third kappa shape index (κ3) is 3.50. The van der Waals surface area contributed by atoms with E-state index in [1.54, 1.807) is 31.2 Å². The third-order valence-corrected chi connectivity index (χ3v) is 1.79. The number of hydrogen-bond donors (Lipinski definition) is 0. The van der Waals surface area contributed by atoms with Crippen molar-refractivity contribution in [3.63, 3.8) is 0 Å². The molecule has 1 aromatic rings. The summed E-state index contributed by atoms with van der Waals surface area (Å²) in [6, 6.07) is 6.45. The van der Waals surface area contributed by atoms with Gasteiger partial charge in [-0.25, -0.2) is 9.59 Å². The standard InChI is InChI=1S/C10H9IO4/c1-2-14-9(12)7-5-3-4-6-8(7)15-10(11)13/h3-6H,2H2,1H3. The predicted molar refractivity (Wildman–Crippen MR) is 62.4 cm³/mol. The van der Waals surface area contributed by atoms with Crippen LogP contribution in [0.25, 0.3) is 0 Å². The van der Waals surface area contributed by atoms with Gasteiger partial charge >= 0.3 is 9.95 Å². The molecule has 4 nitrogen and oxygen atoms in total. The molecule has 0 fully saturated rings. The van der Waals surface area contributed by atoms with Gasteiger partial charge in [0.2, 0.25) is 0 Å². The van der Waals surface area contributed by atoms with E-state index >= 15 is 0 Å². The lowest BCUT2D eigenvalue weighted by Crippen LogP contribution is -2.08. The summed E-state index contributed by atoms with van der Waals surface area (Å²) in [5.41, 5.74) is 0.254. The SMILES string of the molecule is CCOC(=O)c1ccccc1OC(=O)I. The van der Waals surface area contributed by atoms with Crippen molar-refractivity contribution in [3.05, 3.63) is 29.8 Å². The Bertz CT molecular complexity index is 375. The van der Waals surface area contributed by atoms with Crippen LogP contribution in [0.3, 0.4) is 0 Å². The molecule has 80 valence electrons. The first kappa shape index (κ1) is 12.0. The predicted octanol–water partition coefficient (Wildman–Crippen LogP) is 2.80. The Balaban J connectivity index is 2.95. The van der Waals surface area contributed by atoms with Crippen molar-refractivity contribution in [2.45, 2.75) is 6.92 Å². The van der Waals surface area contributed by atoms with E-state index in [4.69, 9.17) is 9.47 Å². The van der Waals surface area contributed by atoms with Gasteiger partial charge in [-0.2, -0.15) is 0 Å². The summed E-state index contributed by atoms with van der Waals surface area (Å²) < 4.78 is 9.18. The maximum absolute atomic E-state index is 11.4. The number of hydrogen-bond acceptors (Lipinski definition) is 4. The second-order valence-electron chi connectivity index (χ2n) is 2.56. The minimum absolute atomic E-state index is 0.218. The number of halogens is 1. The second-order valence-corrected chi connectivity index (χ2v) is 3.44. The van der Waals surface area contributed by atoms with Gasteiger partial charge in [0, 0.05) is 0 Å². The number of rotatable bonds is 3. The molecule has 5 heteroatoms. The molecule has 0 saturated heterocycles. The van der Waals surface area contributed by atoms with Gasteiger partial charge in [-0.1, -0.05) is 12.1 Å².